The van der Waals surface area contributed by atoms with Crippen LogP contribution >= 0.6 is 11.3 Å². The Morgan fingerprint density at radius 1 is 1.16 bits per heavy atom. The molecule has 0 N–H and O–H groups in total. The largest absolute Gasteiger partial charge is 0.496 e. The van der Waals surface area contributed by atoms with Gasteiger partial charge in [-0.15, -0.1) is 11.3 Å². The van der Waals surface area contributed by atoms with E-state index in [0.717, 1.165) is 22.6 Å². The van der Waals surface area contributed by atoms with Gasteiger partial charge in [0.2, 0.25) is 0 Å². The first-order valence-corrected chi connectivity index (χ1v) is 8.83. The van der Waals surface area contributed by atoms with Crippen molar-refractivity contribution in [2.24, 2.45) is 12.0 Å². The molecule has 25 heavy (non-hydrogen) atoms. The molecule has 0 atom stereocenters. The Kier molecular flexibility index (Phi) is 4.86. The van der Waals surface area contributed by atoms with E-state index in [4.69, 9.17) is 4.74 Å². The molecule has 4 nitrogen and oxygen atoms in total. The molecule has 128 valence electrons. The van der Waals surface area contributed by atoms with Crippen molar-refractivity contribution in [1.82, 2.24) is 4.57 Å². The van der Waals surface area contributed by atoms with Crippen LogP contribution in [0.3, 0.4) is 0 Å². The molecule has 0 aliphatic rings. The number of carbonyl (C=O) groups excluding carboxylic acids is 1. The monoisotopic (exact) mass is 352 g/mol. The topological polar surface area (TPSA) is 43.6 Å². The van der Waals surface area contributed by atoms with Crippen LogP contribution in [0.5, 0.6) is 5.75 Å². The molecule has 0 radical (unpaired) electrons. The molecule has 0 saturated carbocycles. The Morgan fingerprint density at radius 2 is 1.88 bits per heavy atom. The summed E-state index contributed by atoms with van der Waals surface area (Å²) in [4.78, 5) is 17.3. The van der Waals surface area contributed by atoms with E-state index in [0.29, 0.717) is 10.4 Å². The Bertz CT molecular complexity index is 985. The third kappa shape index (κ3) is 3.42. The predicted octanol–water partition coefficient (Wildman–Crippen LogP) is 4.12. The highest BCUT2D eigenvalue weighted by Crippen LogP contribution is 2.29. The Hall–Kier alpha value is -2.66. The summed E-state index contributed by atoms with van der Waals surface area (Å²) in [6.07, 6.45) is 0. The van der Waals surface area contributed by atoms with Gasteiger partial charge in [-0.05, 0) is 49.2 Å². The zero-order valence-electron chi connectivity index (χ0n) is 14.7. The average Bonchev–Trinajstić information content (AvgIpc) is 2.98. The van der Waals surface area contributed by atoms with Gasteiger partial charge in [-0.25, -0.2) is 0 Å². The average molecular weight is 352 g/mol. The number of methoxy groups -OCH3 is 1. The van der Waals surface area contributed by atoms with Gasteiger partial charge >= 0.3 is 0 Å². The van der Waals surface area contributed by atoms with E-state index in [9.17, 15) is 4.79 Å². The maximum atomic E-state index is 12.3. The van der Waals surface area contributed by atoms with Crippen molar-refractivity contribution in [3.8, 4) is 17.0 Å². The van der Waals surface area contributed by atoms with Crippen LogP contribution in [-0.2, 0) is 7.05 Å². The first-order valence-electron chi connectivity index (χ1n) is 7.95. The predicted molar refractivity (Wildman–Crippen MR) is 101 cm³/mol. The van der Waals surface area contributed by atoms with Gasteiger partial charge < -0.3 is 9.30 Å². The number of nitrogens with zero attached hydrogens (tertiary/aromatic N) is 2. The lowest BCUT2D eigenvalue weighted by molar-refractivity contribution is 0.0998. The summed E-state index contributed by atoms with van der Waals surface area (Å²) in [7, 11) is 3.60. The fourth-order valence-electron chi connectivity index (χ4n) is 2.65. The second kappa shape index (κ2) is 7.07. The molecule has 0 saturated heterocycles. The zero-order valence-corrected chi connectivity index (χ0v) is 15.6. The Balaban J connectivity index is 2.04. The normalized spacial score (nSPS) is 11.6. The lowest BCUT2D eigenvalue weighted by Crippen LogP contribution is -2.14. The lowest BCUT2D eigenvalue weighted by Gasteiger charge is -2.11. The quantitative estimate of drug-likeness (QED) is 0.712. The summed E-state index contributed by atoms with van der Waals surface area (Å²) in [5, 5.41) is 2.01. The second-order valence-electron chi connectivity index (χ2n) is 5.87. The van der Waals surface area contributed by atoms with E-state index < -0.39 is 0 Å². The van der Waals surface area contributed by atoms with Gasteiger partial charge in [0.1, 0.15) is 5.75 Å². The molecule has 1 aromatic heterocycles. The molecule has 2 aromatic carbocycles. The standard InChI is InChI=1S/C20H20N2O2S/c1-13-10-16(11-18(24-4)14(13)2)17-12-25-20(22(17)3)21-19(23)15-8-6-5-7-9-15/h5-12H,1-4H3/b21-20+. The van der Waals surface area contributed by atoms with Crippen molar-refractivity contribution >= 4 is 17.2 Å². The van der Waals surface area contributed by atoms with E-state index in [1.54, 1.807) is 19.2 Å². The highest BCUT2D eigenvalue weighted by atomic mass is 32.1. The van der Waals surface area contributed by atoms with Crippen LogP contribution in [-0.4, -0.2) is 17.6 Å². The molecule has 0 aliphatic carbocycles. The summed E-state index contributed by atoms with van der Waals surface area (Å²) in [5.74, 6) is 0.627. The molecule has 1 heterocycles. The first kappa shape index (κ1) is 17.2. The smallest absolute Gasteiger partial charge is 0.279 e. The third-order valence-electron chi connectivity index (χ3n) is 4.28. The first-order chi connectivity index (χ1) is 12.0. The van der Waals surface area contributed by atoms with E-state index in [-0.39, 0.29) is 5.91 Å². The van der Waals surface area contributed by atoms with Crippen molar-refractivity contribution in [1.29, 1.82) is 0 Å². The molecule has 0 aliphatic heterocycles. The van der Waals surface area contributed by atoms with Crippen molar-refractivity contribution < 1.29 is 9.53 Å². The summed E-state index contributed by atoms with van der Waals surface area (Å²) < 4.78 is 7.41. The van der Waals surface area contributed by atoms with Gasteiger partial charge in [0.15, 0.2) is 4.80 Å². The maximum absolute atomic E-state index is 12.3. The molecule has 0 spiro atoms. The molecule has 3 rings (SSSR count). The minimum atomic E-state index is -0.234. The van der Waals surface area contributed by atoms with E-state index in [1.165, 1.54) is 16.9 Å². The molecule has 3 aromatic rings. The lowest BCUT2D eigenvalue weighted by atomic mass is 10.0. The highest BCUT2D eigenvalue weighted by molar-refractivity contribution is 7.07. The number of ether oxygens (including phenoxy) is 1. The van der Waals surface area contributed by atoms with Crippen LogP contribution in [0.2, 0.25) is 0 Å². The number of benzene rings is 2. The van der Waals surface area contributed by atoms with Crippen LogP contribution in [0.15, 0.2) is 52.8 Å². The van der Waals surface area contributed by atoms with Gasteiger partial charge in [0, 0.05) is 23.6 Å². The van der Waals surface area contributed by atoms with Crippen LogP contribution in [0.4, 0.5) is 0 Å². The zero-order chi connectivity index (χ0) is 18.0. The van der Waals surface area contributed by atoms with Crippen molar-refractivity contribution in [2.45, 2.75) is 13.8 Å². The number of hydrogen-bond donors (Lipinski definition) is 0. The second-order valence-corrected chi connectivity index (χ2v) is 6.70. The fraction of sp³-hybridized carbons (Fsp3) is 0.200. The Labute approximate surface area is 151 Å². The minimum absolute atomic E-state index is 0.234. The highest BCUT2D eigenvalue weighted by Gasteiger charge is 2.11. The number of aryl methyl sites for hydroxylation is 1. The van der Waals surface area contributed by atoms with Crippen molar-refractivity contribution in [3.05, 3.63) is 69.3 Å². The fourth-order valence-corrected chi connectivity index (χ4v) is 3.56. The SMILES string of the molecule is COc1cc(-c2cs/c(=N/C(=O)c3ccccc3)n2C)cc(C)c1C. The number of aromatic nitrogens is 1. The molecule has 0 unspecified atom stereocenters. The van der Waals surface area contributed by atoms with Crippen molar-refractivity contribution in [3.63, 3.8) is 0 Å². The van der Waals surface area contributed by atoms with Gasteiger partial charge in [-0.1, -0.05) is 18.2 Å². The van der Waals surface area contributed by atoms with Gasteiger partial charge in [0.25, 0.3) is 5.91 Å². The molecule has 5 heteroatoms. The molecular weight excluding hydrogens is 332 g/mol. The van der Waals surface area contributed by atoms with Crippen molar-refractivity contribution in [2.75, 3.05) is 7.11 Å². The van der Waals surface area contributed by atoms with Crippen LogP contribution < -0.4 is 9.54 Å². The number of carbonyl (C=O) groups is 1. The molecule has 1 amide bonds. The van der Waals surface area contributed by atoms with Gasteiger partial charge in [0.05, 0.1) is 12.8 Å². The van der Waals surface area contributed by atoms with Gasteiger partial charge in [-0.3, -0.25) is 4.79 Å². The minimum Gasteiger partial charge on any atom is -0.496 e. The van der Waals surface area contributed by atoms with Crippen LogP contribution in [0, 0.1) is 13.8 Å². The number of rotatable bonds is 3. The van der Waals surface area contributed by atoms with Gasteiger partial charge in [-0.2, -0.15) is 4.99 Å². The number of thiazole rings is 1. The van der Waals surface area contributed by atoms with E-state index in [1.807, 2.05) is 48.2 Å². The maximum Gasteiger partial charge on any atom is 0.279 e. The number of amides is 1. The summed E-state index contributed by atoms with van der Waals surface area (Å²) in [6.45, 7) is 4.11. The summed E-state index contributed by atoms with van der Waals surface area (Å²) in [5.41, 5.74) is 4.94. The van der Waals surface area contributed by atoms with E-state index >= 15 is 0 Å². The molecule has 0 fully saturated rings. The molecular formula is C20H20N2O2S. The third-order valence-corrected chi connectivity index (χ3v) is 5.19. The van der Waals surface area contributed by atoms with Crippen LogP contribution in [0.25, 0.3) is 11.3 Å². The summed E-state index contributed by atoms with van der Waals surface area (Å²) in [6, 6.07) is 13.3. The van der Waals surface area contributed by atoms with E-state index in [2.05, 4.69) is 18.0 Å². The number of hydrogen-bond acceptors (Lipinski definition) is 3. The summed E-state index contributed by atoms with van der Waals surface area (Å²) >= 11 is 1.45. The molecule has 0 bridgehead atoms. The Morgan fingerprint density at radius 3 is 2.56 bits per heavy atom. The van der Waals surface area contributed by atoms with Crippen LogP contribution in [0.1, 0.15) is 21.5 Å².